The van der Waals surface area contributed by atoms with Crippen molar-refractivity contribution in [3.8, 4) is 0 Å². The van der Waals surface area contributed by atoms with Crippen LogP contribution in [0.2, 0.25) is 0 Å². The van der Waals surface area contributed by atoms with Gasteiger partial charge in [-0.1, -0.05) is 36.4 Å². The molecule has 3 N–H and O–H groups in total. The monoisotopic (exact) mass is 259 g/mol. The molecule has 0 bridgehead atoms. The number of nitrogens with two attached hydrogens (primary N) is 1. The molecule has 0 fully saturated rings. The third-order valence-electron chi connectivity index (χ3n) is 2.77. The fourth-order valence-electron chi connectivity index (χ4n) is 1.63. The van der Waals surface area contributed by atoms with Crippen molar-refractivity contribution in [1.29, 1.82) is 0 Å². The molecule has 0 spiro atoms. The largest absolute Gasteiger partial charge is 0.392 e. The number of aliphatic hydroxyl groups excluding tert-OH is 1. The maximum atomic E-state index is 8.97. The maximum absolute atomic E-state index is 8.97. The van der Waals surface area contributed by atoms with Crippen LogP contribution in [0.15, 0.2) is 53.4 Å². The fraction of sp³-hybridized carbons (Fsp3) is 0.200. The van der Waals surface area contributed by atoms with Gasteiger partial charge >= 0.3 is 0 Å². The molecule has 0 saturated heterocycles. The molecule has 0 heterocycles. The van der Waals surface area contributed by atoms with Crippen LogP contribution in [0.5, 0.6) is 0 Å². The summed E-state index contributed by atoms with van der Waals surface area (Å²) in [7, 11) is 0. The zero-order chi connectivity index (χ0) is 12.8. The number of aliphatic hydroxyl groups is 1. The Morgan fingerprint density at radius 2 is 1.39 bits per heavy atom. The van der Waals surface area contributed by atoms with Gasteiger partial charge in [0.05, 0.1) is 6.61 Å². The fourth-order valence-corrected chi connectivity index (χ4v) is 2.48. The molecule has 2 rings (SSSR count). The van der Waals surface area contributed by atoms with Crippen molar-refractivity contribution in [2.45, 2.75) is 23.8 Å². The zero-order valence-electron chi connectivity index (χ0n) is 10.2. The second-order valence-electron chi connectivity index (χ2n) is 4.11. The Hall–Kier alpha value is -1.29. The van der Waals surface area contributed by atoms with Crippen molar-refractivity contribution >= 4 is 11.8 Å². The molecule has 2 aromatic rings. The molecule has 0 unspecified atom stereocenters. The molecule has 2 nitrogen and oxygen atoms in total. The number of rotatable bonds is 5. The van der Waals surface area contributed by atoms with E-state index < -0.39 is 0 Å². The van der Waals surface area contributed by atoms with Crippen LogP contribution in [0.1, 0.15) is 16.7 Å². The first-order chi connectivity index (χ1) is 8.81. The molecule has 0 aliphatic carbocycles. The Morgan fingerprint density at radius 1 is 0.833 bits per heavy atom. The Morgan fingerprint density at radius 3 is 1.94 bits per heavy atom. The summed E-state index contributed by atoms with van der Waals surface area (Å²) < 4.78 is 0. The summed E-state index contributed by atoms with van der Waals surface area (Å²) in [4.78, 5) is 1.25. The Bertz CT molecular complexity index is 431. The number of hydrogen-bond donors (Lipinski definition) is 2. The van der Waals surface area contributed by atoms with E-state index in [2.05, 4.69) is 36.4 Å². The average molecular weight is 259 g/mol. The molecule has 0 aliphatic rings. The van der Waals surface area contributed by atoms with E-state index in [9.17, 15) is 0 Å². The van der Waals surface area contributed by atoms with Gasteiger partial charge in [-0.2, -0.15) is 0 Å². The molecule has 94 valence electrons. The zero-order valence-corrected chi connectivity index (χ0v) is 11.0. The lowest BCUT2D eigenvalue weighted by Crippen LogP contribution is -1.94. The number of hydrogen-bond acceptors (Lipinski definition) is 3. The summed E-state index contributed by atoms with van der Waals surface area (Å²) in [5.41, 5.74) is 8.94. The average Bonchev–Trinajstić information content (AvgIpc) is 2.46. The molecule has 3 heteroatoms. The van der Waals surface area contributed by atoms with Gasteiger partial charge in [-0.15, -0.1) is 11.8 Å². The highest BCUT2D eigenvalue weighted by atomic mass is 32.2. The quantitative estimate of drug-likeness (QED) is 0.812. The van der Waals surface area contributed by atoms with Crippen molar-refractivity contribution in [2.24, 2.45) is 5.73 Å². The van der Waals surface area contributed by atoms with Gasteiger partial charge in [0.15, 0.2) is 0 Å². The molecule has 0 aromatic heterocycles. The molecule has 18 heavy (non-hydrogen) atoms. The van der Waals surface area contributed by atoms with Crippen LogP contribution in [-0.2, 0) is 18.9 Å². The third kappa shape index (κ3) is 3.60. The van der Waals surface area contributed by atoms with E-state index in [1.54, 1.807) is 11.8 Å². The van der Waals surface area contributed by atoms with Crippen LogP contribution in [0.4, 0.5) is 0 Å². The molecule has 0 aliphatic heterocycles. The molecule has 0 amide bonds. The minimum atomic E-state index is 0.105. The van der Waals surface area contributed by atoms with E-state index in [4.69, 9.17) is 10.8 Å². The van der Waals surface area contributed by atoms with Crippen LogP contribution >= 0.6 is 11.8 Å². The molecular formula is C15H17NOS. The van der Waals surface area contributed by atoms with E-state index in [0.29, 0.717) is 6.54 Å². The first-order valence-electron chi connectivity index (χ1n) is 5.92. The Kier molecular flexibility index (Phi) is 4.81. The van der Waals surface area contributed by atoms with Crippen LogP contribution < -0.4 is 5.73 Å². The topological polar surface area (TPSA) is 46.2 Å². The molecule has 0 atom stereocenters. The van der Waals surface area contributed by atoms with Crippen molar-refractivity contribution in [3.63, 3.8) is 0 Å². The standard InChI is InChI=1S/C15H17NOS/c16-9-12-5-7-15(8-6-12)18-11-14-3-1-13(10-17)2-4-14/h1-8,17H,9-11,16H2. The smallest absolute Gasteiger partial charge is 0.0681 e. The first kappa shape index (κ1) is 13.1. The highest BCUT2D eigenvalue weighted by molar-refractivity contribution is 7.98. The Balaban J connectivity index is 1.93. The predicted octanol–water partition coefficient (Wildman–Crippen LogP) is 2.93. The van der Waals surface area contributed by atoms with E-state index in [1.165, 1.54) is 10.5 Å². The molecule has 2 aromatic carbocycles. The van der Waals surface area contributed by atoms with Crippen LogP contribution in [0.3, 0.4) is 0 Å². The summed E-state index contributed by atoms with van der Waals surface area (Å²) in [6.45, 7) is 0.696. The Labute approximate surface area is 112 Å². The van der Waals surface area contributed by atoms with Crippen molar-refractivity contribution in [2.75, 3.05) is 0 Å². The van der Waals surface area contributed by atoms with Crippen molar-refractivity contribution < 1.29 is 5.11 Å². The predicted molar refractivity (Wildman–Crippen MR) is 76.3 cm³/mol. The van der Waals surface area contributed by atoms with E-state index in [-0.39, 0.29) is 6.61 Å². The molecular weight excluding hydrogens is 242 g/mol. The highest BCUT2D eigenvalue weighted by Crippen LogP contribution is 2.23. The summed E-state index contributed by atoms with van der Waals surface area (Å²) >= 11 is 1.80. The number of benzene rings is 2. The van der Waals surface area contributed by atoms with Gasteiger partial charge in [-0.25, -0.2) is 0 Å². The minimum Gasteiger partial charge on any atom is -0.392 e. The summed E-state index contributed by atoms with van der Waals surface area (Å²) in [6, 6.07) is 16.4. The summed E-state index contributed by atoms with van der Waals surface area (Å²) in [6.07, 6.45) is 0. The second-order valence-corrected chi connectivity index (χ2v) is 5.16. The van der Waals surface area contributed by atoms with E-state index in [0.717, 1.165) is 16.9 Å². The highest BCUT2D eigenvalue weighted by Gasteiger charge is 1.97. The van der Waals surface area contributed by atoms with Gasteiger partial charge in [0.2, 0.25) is 0 Å². The normalized spacial score (nSPS) is 10.6. The van der Waals surface area contributed by atoms with Crippen LogP contribution in [0, 0.1) is 0 Å². The van der Waals surface area contributed by atoms with Gasteiger partial charge in [0.25, 0.3) is 0 Å². The maximum Gasteiger partial charge on any atom is 0.0681 e. The third-order valence-corrected chi connectivity index (χ3v) is 3.85. The molecule has 0 radical (unpaired) electrons. The lowest BCUT2D eigenvalue weighted by atomic mass is 10.2. The number of thioether (sulfide) groups is 1. The SMILES string of the molecule is NCc1ccc(SCc2ccc(CO)cc2)cc1. The van der Waals surface area contributed by atoms with Gasteiger partial charge in [-0.05, 0) is 28.8 Å². The van der Waals surface area contributed by atoms with Crippen LogP contribution in [0.25, 0.3) is 0 Å². The van der Waals surface area contributed by atoms with E-state index >= 15 is 0 Å². The second kappa shape index (κ2) is 6.59. The molecule has 0 saturated carbocycles. The van der Waals surface area contributed by atoms with Gasteiger partial charge in [0.1, 0.15) is 0 Å². The van der Waals surface area contributed by atoms with Crippen molar-refractivity contribution in [3.05, 3.63) is 65.2 Å². The van der Waals surface area contributed by atoms with Gasteiger partial charge < -0.3 is 10.8 Å². The minimum absolute atomic E-state index is 0.105. The lowest BCUT2D eigenvalue weighted by molar-refractivity contribution is 0.282. The first-order valence-corrected chi connectivity index (χ1v) is 6.91. The van der Waals surface area contributed by atoms with Crippen LogP contribution in [-0.4, -0.2) is 5.11 Å². The van der Waals surface area contributed by atoms with Gasteiger partial charge in [-0.3, -0.25) is 0 Å². The lowest BCUT2D eigenvalue weighted by Gasteiger charge is -2.04. The van der Waals surface area contributed by atoms with Gasteiger partial charge in [0, 0.05) is 17.2 Å². The summed E-state index contributed by atoms with van der Waals surface area (Å²) in [5.74, 6) is 0.938. The summed E-state index contributed by atoms with van der Waals surface area (Å²) in [5, 5.41) is 8.97. The van der Waals surface area contributed by atoms with E-state index in [1.807, 2.05) is 12.1 Å². The van der Waals surface area contributed by atoms with Crippen molar-refractivity contribution in [1.82, 2.24) is 0 Å².